The molecule has 1 aromatic heterocycles. The van der Waals surface area contributed by atoms with Crippen molar-refractivity contribution in [2.75, 3.05) is 0 Å². The van der Waals surface area contributed by atoms with Gasteiger partial charge in [-0.05, 0) is 54.1 Å². The number of hydrogen-bond donors (Lipinski definition) is 0. The fraction of sp³-hybridized carbons (Fsp3) is 0.429. The summed E-state index contributed by atoms with van der Waals surface area (Å²) in [5.74, 6) is 0.120. The Hall–Kier alpha value is -1.17. The van der Waals surface area contributed by atoms with Gasteiger partial charge in [-0.3, -0.25) is 4.68 Å². The van der Waals surface area contributed by atoms with E-state index in [4.69, 9.17) is 0 Å². The van der Waals surface area contributed by atoms with E-state index in [9.17, 15) is 8.78 Å². The van der Waals surface area contributed by atoms with Gasteiger partial charge in [0.05, 0.1) is 16.0 Å². The lowest BCUT2D eigenvalue weighted by molar-refractivity contribution is -0.0502. The van der Waals surface area contributed by atoms with Gasteiger partial charge in [-0.1, -0.05) is 0 Å². The van der Waals surface area contributed by atoms with Gasteiger partial charge in [0.15, 0.2) is 0 Å². The van der Waals surface area contributed by atoms with E-state index in [0.717, 1.165) is 31.1 Å². The molecule has 0 aliphatic heterocycles. The fourth-order valence-electron chi connectivity index (χ4n) is 2.59. The summed E-state index contributed by atoms with van der Waals surface area (Å²) in [6.45, 7) is -2.83. The predicted molar refractivity (Wildman–Crippen MR) is 75.9 cm³/mol. The van der Waals surface area contributed by atoms with Gasteiger partial charge in [0.2, 0.25) is 0 Å². The topological polar surface area (TPSA) is 27.1 Å². The molecule has 3 nitrogen and oxygen atoms in total. The highest BCUT2D eigenvalue weighted by molar-refractivity contribution is 9.10. The molecule has 20 heavy (non-hydrogen) atoms. The van der Waals surface area contributed by atoms with Crippen LogP contribution in [0, 0.1) is 6.42 Å². The van der Waals surface area contributed by atoms with Gasteiger partial charge in [-0.2, -0.15) is 13.9 Å². The summed E-state index contributed by atoms with van der Waals surface area (Å²) in [5.41, 5.74) is 0.679. The van der Waals surface area contributed by atoms with Gasteiger partial charge in [0.25, 0.3) is 0 Å². The molecule has 1 radical (unpaired) electrons. The van der Waals surface area contributed by atoms with Crippen molar-refractivity contribution in [2.24, 2.45) is 0 Å². The maximum atomic E-state index is 12.3. The van der Waals surface area contributed by atoms with Crippen LogP contribution in [0.25, 0.3) is 10.9 Å². The summed E-state index contributed by atoms with van der Waals surface area (Å²) < 4.78 is 31.6. The summed E-state index contributed by atoms with van der Waals surface area (Å²) in [6, 6.07) is 3.72. The average molecular weight is 344 g/mol. The third-order valence-corrected chi connectivity index (χ3v) is 4.19. The zero-order chi connectivity index (χ0) is 14.1. The molecule has 1 aliphatic rings. The van der Waals surface area contributed by atoms with E-state index in [1.165, 1.54) is 0 Å². The number of aromatic nitrogens is 2. The molecule has 0 N–H and O–H groups in total. The van der Waals surface area contributed by atoms with E-state index < -0.39 is 6.61 Å². The fourth-order valence-corrected chi connectivity index (χ4v) is 3.05. The summed E-state index contributed by atoms with van der Waals surface area (Å²) in [6.07, 6.45) is 8.63. The number of hydrogen-bond acceptors (Lipinski definition) is 2. The summed E-state index contributed by atoms with van der Waals surface area (Å²) in [4.78, 5) is 0. The van der Waals surface area contributed by atoms with E-state index in [1.54, 1.807) is 12.1 Å². The lowest BCUT2D eigenvalue weighted by atomic mass is 9.96. The van der Waals surface area contributed by atoms with Crippen molar-refractivity contribution in [3.05, 3.63) is 29.2 Å². The number of rotatable bonds is 3. The molecule has 1 fully saturated rings. The quantitative estimate of drug-likeness (QED) is 0.806. The van der Waals surface area contributed by atoms with Crippen LogP contribution in [0.1, 0.15) is 31.7 Å². The molecular formula is C14H14BrF2N2O. The minimum absolute atomic E-state index is 0.120. The molecule has 6 heteroatoms. The SMILES string of the molecule is FC(F)Oc1cc2nn(C3CC[CH]CC3)cc2cc1Br. The average Bonchev–Trinajstić information content (AvgIpc) is 2.82. The number of halogens is 3. The van der Waals surface area contributed by atoms with Crippen LogP contribution in [0.4, 0.5) is 8.78 Å². The van der Waals surface area contributed by atoms with Crippen molar-refractivity contribution in [3.8, 4) is 5.75 Å². The lowest BCUT2D eigenvalue weighted by Crippen LogP contribution is -2.13. The van der Waals surface area contributed by atoms with E-state index in [1.807, 2.05) is 10.9 Å². The van der Waals surface area contributed by atoms with Gasteiger partial charge in [-0.15, -0.1) is 0 Å². The van der Waals surface area contributed by atoms with Crippen LogP contribution in [-0.2, 0) is 0 Å². The molecule has 0 saturated heterocycles. The molecule has 107 valence electrons. The maximum absolute atomic E-state index is 12.3. The second-order valence-electron chi connectivity index (χ2n) is 4.93. The third kappa shape index (κ3) is 2.80. The Bertz CT molecular complexity index is 608. The second kappa shape index (κ2) is 5.68. The lowest BCUT2D eigenvalue weighted by Gasteiger charge is -2.21. The third-order valence-electron chi connectivity index (χ3n) is 3.57. The minimum Gasteiger partial charge on any atom is -0.434 e. The number of ether oxygens (including phenoxy) is 1. The first-order chi connectivity index (χ1) is 9.63. The molecule has 0 amide bonds. The van der Waals surface area contributed by atoms with E-state index in [2.05, 4.69) is 32.2 Å². The second-order valence-corrected chi connectivity index (χ2v) is 5.78. The Morgan fingerprint density at radius 2 is 2.05 bits per heavy atom. The molecule has 1 aliphatic carbocycles. The van der Waals surface area contributed by atoms with Gasteiger partial charge in [0.1, 0.15) is 5.75 Å². The van der Waals surface area contributed by atoms with E-state index in [-0.39, 0.29) is 5.75 Å². The number of nitrogens with zero attached hydrogens (tertiary/aromatic N) is 2. The molecule has 0 unspecified atom stereocenters. The highest BCUT2D eigenvalue weighted by Crippen LogP contribution is 2.33. The first kappa shape index (κ1) is 13.8. The minimum atomic E-state index is -2.83. The van der Waals surface area contributed by atoms with Crippen molar-refractivity contribution in [2.45, 2.75) is 38.3 Å². The Kier molecular flexibility index (Phi) is 3.92. The van der Waals surface area contributed by atoms with Crippen LogP contribution in [0.15, 0.2) is 22.8 Å². The van der Waals surface area contributed by atoms with Crippen LogP contribution >= 0.6 is 15.9 Å². The molecule has 0 atom stereocenters. The Morgan fingerprint density at radius 1 is 1.30 bits per heavy atom. The smallest absolute Gasteiger partial charge is 0.387 e. The highest BCUT2D eigenvalue weighted by Gasteiger charge is 2.18. The van der Waals surface area contributed by atoms with Crippen molar-refractivity contribution in [1.82, 2.24) is 9.78 Å². The standard InChI is InChI=1S/C14H14BrF2N2O/c15-11-6-9-8-19(10-4-2-1-3-5-10)18-12(9)7-13(11)20-14(16)17/h1,6-8,10,14H,2-5H2. The van der Waals surface area contributed by atoms with Crippen LogP contribution in [0.5, 0.6) is 5.75 Å². The zero-order valence-electron chi connectivity index (χ0n) is 10.7. The summed E-state index contributed by atoms with van der Waals surface area (Å²) in [5, 5.41) is 5.43. The van der Waals surface area contributed by atoms with Crippen LogP contribution in [0.2, 0.25) is 0 Å². The van der Waals surface area contributed by atoms with Gasteiger partial charge >= 0.3 is 6.61 Å². The predicted octanol–water partition coefficient (Wildman–Crippen LogP) is 4.72. The van der Waals surface area contributed by atoms with Gasteiger partial charge < -0.3 is 4.74 Å². The first-order valence-corrected chi connectivity index (χ1v) is 7.37. The highest BCUT2D eigenvalue weighted by atomic mass is 79.9. The zero-order valence-corrected chi connectivity index (χ0v) is 12.3. The normalized spacial score (nSPS) is 17.0. The van der Waals surface area contributed by atoms with Crippen LogP contribution in [0.3, 0.4) is 0 Å². The first-order valence-electron chi connectivity index (χ1n) is 6.58. The van der Waals surface area contributed by atoms with Crippen molar-refractivity contribution >= 4 is 26.8 Å². The van der Waals surface area contributed by atoms with Crippen LogP contribution in [-0.4, -0.2) is 16.4 Å². The number of fused-ring (bicyclic) bond motifs is 1. The molecule has 2 aromatic rings. The van der Waals surface area contributed by atoms with Crippen molar-refractivity contribution < 1.29 is 13.5 Å². The van der Waals surface area contributed by atoms with E-state index in [0.29, 0.717) is 16.0 Å². The molecule has 1 heterocycles. The van der Waals surface area contributed by atoms with Crippen LogP contribution < -0.4 is 4.74 Å². The van der Waals surface area contributed by atoms with Gasteiger partial charge in [-0.25, -0.2) is 0 Å². The van der Waals surface area contributed by atoms with E-state index >= 15 is 0 Å². The largest absolute Gasteiger partial charge is 0.434 e. The molecule has 0 spiro atoms. The molecular weight excluding hydrogens is 330 g/mol. The van der Waals surface area contributed by atoms with Gasteiger partial charge in [0, 0.05) is 17.6 Å². The maximum Gasteiger partial charge on any atom is 0.387 e. The Morgan fingerprint density at radius 3 is 2.75 bits per heavy atom. The molecule has 3 rings (SSSR count). The molecule has 1 saturated carbocycles. The number of benzene rings is 1. The number of alkyl halides is 2. The summed E-state index contributed by atoms with van der Waals surface area (Å²) >= 11 is 3.25. The molecule has 1 aromatic carbocycles. The monoisotopic (exact) mass is 343 g/mol. The molecule has 0 bridgehead atoms. The summed E-state index contributed by atoms with van der Waals surface area (Å²) in [7, 11) is 0. The Balaban J connectivity index is 1.93. The van der Waals surface area contributed by atoms with Crippen molar-refractivity contribution in [3.63, 3.8) is 0 Å². The Labute approximate surface area is 124 Å². The van der Waals surface area contributed by atoms with Crippen molar-refractivity contribution in [1.29, 1.82) is 0 Å².